The quantitative estimate of drug-likeness (QED) is 0.638. The molecular weight excluding hydrogens is 274 g/mol. The molecule has 0 aromatic carbocycles. The summed E-state index contributed by atoms with van der Waals surface area (Å²) < 4.78 is 10.5. The predicted octanol–water partition coefficient (Wildman–Crippen LogP) is -0.881. The van der Waals surface area contributed by atoms with Gasteiger partial charge in [0.1, 0.15) is 0 Å². The van der Waals surface area contributed by atoms with Crippen molar-refractivity contribution < 1.29 is 19.1 Å². The van der Waals surface area contributed by atoms with Crippen LogP contribution in [0, 0.1) is 0 Å². The second kappa shape index (κ2) is 8.31. The van der Waals surface area contributed by atoms with Gasteiger partial charge >= 0.3 is 0 Å². The van der Waals surface area contributed by atoms with Crippen LogP contribution in [-0.4, -0.2) is 75.4 Å². The third kappa shape index (κ3) is 4.94. The summed E-state index contributed by atoms with van der Waals surface area (Å²) in [6, 6.07) is -0.430. The predicted molar refractivity (Wildman–Crippen MR) is 76.8 cm³/mol. The Hall–Kier alpha value is -1.18. The molecule has 0 spiro atoms. The average molecular weight is 299 g/mol. The molecule has 2 rings (SSSR count). The van der Waals surface area contributed by atoms with E-state index in [2.05, 4.69) is 10.6 Å². The van der Waals surface area contributed by atoms with Crippen molar-refractivity contribution in [3.05, 3.63) is 0 Å². The molecule has 2 unspecified atom stereocenters. The fourth-order valence-corrected chi connectivity index (χ4v) is 2.67. The van der Waals surface area contributed by atoms with Gasteiger partial charge in [-0.3, -0.25) is 9.59 Å². The Labute approximate surface area is 125 Å². The molecular formula is C14H25N3O4. The van der Waals surface area contributed by atoms with Crippen LogP contribution in [0.3, 0.4) is 0 Å². The number of methoxy groups -OCH3 is 1. The summed E-state index contributed by atoms with van der Waals surface area (Å²) in [4.78, 5) is 25.9. The lowest BCUT2D eigenvalue weighted by molar-refractivity contribution is -0.138. The van der Waals surface area contributed by atoms with Crippen molar-refractivity contribution in [1.29, 1.82) is 0 Å². The van der Waals surface area contributed by atoms with Crippen LogP contribution in [-0.2, 0) is 19.1 Å². The van der Waals surface area contributed by atoms with E-state index < -0.39 is 6.04 Å². The lowest BCUT2D eigenvalue weighted by Gasteiger charge is -2.32. The van der Waals surface area contributed by atoms with Gasteiger partial charge in [-0.2, -0.15) is 0 Å². The molecule has 2 amide bonds. The van der Waals surface area contributed by atoms with Gasteiger partial charge in [0, 0.05) is 39.9 Å². The number of piperazine rings is 1. The number of hydrogen-bond acceptors (Lipinski definition) is 5. The number of ether oxygens (including phenoxy) is 2. The fraction of sp³-hybridized carbons (Fsp3) is 0.857. The van der Waals surface area contributed by atoms with Gasteiger partial charge in [0.15, 0.2) is 0 Å². The van der Waals surface area contributed by atoms with Crippen molar-refractivity contribution >= 4 is 11.8 Å². The van der Waals surface area contributed by atoms with E-state index in [1.54, 1.807) is 12.0 Å². The third-order valence-corrected chi connectivity index (χ3v) is 3.89. The molecule has 2 saturated heterocycles. The molecule has 0 aromatic heterocycles. The highest BCUT2D eigenvalue weighted by atomic mass is 16.5. The van der Waals surface area contributed by atoms with E-state index in [4.69, 9.17) is 9.47 Å². The highest BCUT2D eigenvalue weighted by Gasteiger charge is 2.30. The highest BCUT2D eigenvalue weighted by Crippen LogP contribution is 2.11. The molecule has 120 valence electrons. The van der Waals surface area contributed by atoms with Crippen LogP contribution in [0.4, 0.5) is 0 Å². The molecule has 0 bridgehead atoms. The molecule has 7 nitrogen and oxygen atoms in total. The standard InChI is InChI=1S/C14H25N3O4/c1-20-8-6-17-5-4-15-12(14(17)19)9-13(18)16-10-11-3-2-7-21-11/h11-12,15H,2-10H2,1H3,(H,16,18). The molecule has 2 aliphatic rings. The summed E-state index contributed by atoms with van der Waals surface area (Å²) in [5.74, 6) is -0.129. The molecule has 2 aliphatic heterocycles. The van der Waals surface area contributed by atoms with Crippen molar-refractivity contribution in [3.8, 4) is 0 Å². The molecule has 2 N–H and O–H groups in total. The maximum Gasteiger partial charge on any atom is 0.240 e. The van der Waals surface area contributed by atoms with E-state index in [-0.39, 0.29) is 24.3 Å². The van der Waals surface area contributed by atoms with E-state index in [1.165, 1.54) is 0 Å². The number of nitrogens with one attached hydrogen (secondary N) is 2. The summed E-state index contributed by atoms with van der Waals surface area (Å²) in [5, 5.41) is 5.96. The summed E-state index contributed by atoms with van der Waals surface area (Å²) >= 11 is 0. The van der Waals surface area contributed by atoms with Gasteiger partial charge in [-0.1, -0.05) is 0 Å². The highest BCUT2D eigenvalue weighted by molar-refractivity contribution is 5.88. The minimum Gasteiger partial charge on any atom is -0.383 e. The Morgan fingerprint density at radius 1 is 1.57 bits per heavy atom. The molecule has 0 radical (unpaired) electrons. The van der Waals surface area contributed by atoms with Crippen LogP contribution in [0.15, 0.2) is 0 Å². The molecule has 7 heteroatoms. The number of nitrogens with zero attached hydrogens (tertiary/aromatic N) is 1. The lowest BCUT2D eigenvalue weighted by Crippen LogP contribution is -2.56. The Balaban J connectivity index is 1.72. The molecule has 0 aliphatic carbocycles. The van der Waals surface area contributed by atoms with Gasteiger partial charge in [-0.05, 0) is 12.8 Å². The van der Waals surface area contributed by atoms with Crippen LogP contribution in [0.2, 0.25) is 0 Å². The zero-order valence-corrected chi connectivity index (χ0v) is 12.6. The number of carbonyl (C=O) groups excluding carboxylic acids is 2. The van der Waals surface area contributed by atoms with Crippen molar-refractivity contribution in [1.82, 2.24) is 15.5 Å². The molecule has 2 atom stereocenters. The van der Waals surface area contributed by atoms with Crippen LogP contribution >= 0.6 is 0 Å². The van der Waals surface area contributed by atoms with Crippen LogP contribution in [0.25, 0.3) is 0 Å². The number of carbonyl (C=O) groups is 2. The SMILES string of the molecule is COCCN1CCNC(CC(=O)NCC2CCCO2)C1=O. The zero-order chi connectivity index (χ0) is 15.1. The molecule has 0 aromatic rings. The average Bonchev–Trinajstić information content (AvgIpc) is 2.99. The fourth-order valence-electron chi connectivity index (χ4n) is 2.67. The van der Waals surface area contributed by atoms with E-state index in [0.29, 0.717) is 32.8 Å². The summed E-state index contributed by atoms with van der Waals surface area (Å²) in [5.41, 5.74) is 0. The Kier molecular flexibility index (Phi) is 6.41. The van der Waals surface area contributed by atoms with Gasteiger partial charge in [0.25, 0.3) is 0 Å². The minimum atomic E-state index is -0.430. The van der Waals surface area contributed by atoms with E-state index in [1.807, 2.05) is 0 Å². The molecule has 2 heterocycles. The molecule has 0 saturated carbocycles. The van der Waals surface area contributed by atoms with Gasteiger partial charge in [0.2, 0.25) is 11.8 Å². The maximum absolute atomic E-state index is 12.2. The van der Waals surface area contributed by atoms with Gasteiger partial charge < -0.3 is 25.0 Å². The smallest absolute Gasteiger partial charge is 0.240 e. The van der Waals surface area contributed by atoms with Crippen LogP contribution in [0.1, 0.15) is 19.3 Å². The number of hydrogen-bond donors (Lipinski definition) is 2. The van der Waals surface area contributed by atoms with Crippen molar-refractivity contribution in [3.63, 3.8) is 0 Å². The number of rotatable bonds is 7. The van der Waals surface area contributed by atoms with Crippen LogP contribution < -0.4 is 10.6 Å². The lowest BCUT2D eigenvalue weighted by atomic mass is 10.1. The molecule has 2 fully saturated rings. The monoisotopic (exact) mass is 299 g/mol. The van der Waals surface area contributed by atoms with Crippen molar-refractivity contribution in [2.24, 2.45) is 0 Å². The van der Waals surface area contributed by atoms with Gasteiger partial charge in [-0.15, -0.1) is 0 Å². The third-order valence-electron chi connectivity index (χ3n) is 3.89. The van der Waals surface area contributed by atoms with Crippen molar-refractivity contribution in [2.75, 3.05) is 46.5 Å². The summed E-state index contributed by atoms with van der Waals surface area (Å²) in [7, 11) is 1.61. The first-order chi connectivity index (χ1) is 10.2. The first-order valence-corrected chi connectivity index (χ1v) is 7.60. The Morgan fingerprint density at radius 2 is 2.43 bits per heavy atom. The normalized spacial score (nSPS) is 26.1. The molecule has 21 heavy (non-hydrogen) atoms. The van der Waals surface area contributed by atoms with E-state index in [9.17, 15) is 9.59 Å². The maximum atomic E-state index is 12.2. The number of amides is 2. The van der Waals surface area contributed by atoms with E-state index >= 15 is 0 Å². The second-order valence-corrected chi connectivity index (χ2v) is 5.47. The summed E-state index contributed by atoms with van der Waals surface area (Å²) in [6.45, 7) is 3.77. The zero-order valence-electron chi connectivity index (χ0n) is 12.6. The van der Waals surface area contributed by atoms with Gasteiger partial charge in [-0.25, -0.2) is 0 Å². The second-order valence-electron chi connectivity index (χ2n) is 5.47. The largest absolute Gasteiger partial charge is 0.383 e. The Bertz CT molecular complexity index is 358. The Morgan fingerprint density at radius 3 is 3.14 bits per heavy atom. The summed E-state index contributed by atoms with van der Waals surface area (Å²) in [6.07, 6.45) is 2.35. The van der Waals surface area contributed by atoms with E-state index in [0.717, 1.165) is 19.4 Å². The first-order valence-electron chi connectivity index (χ1n) is 7.60. The topological polar surface area (TPSA) is 79.9 Å². The van der Waals surface area contributed by atoms with Gasteiger partial charge in [0.05, 0.1) is 25.2 Å². The van der Waals surface area contributed by atoms with Crippen molar-refractivity contribution in [2.45, 2.75) is 31.4 Å². The first kappa shape index (κ1) is 16.2. The minimum absolute atomic E-state index is 0.0226. The van der Waals surface area contributed by atoms with Crippen LogP contribution in [0.5, 0.6) is 0 Å².